The van der Waals surface area contributed by atoms with E-state index in [0.717, 1.165) is 12.8 Å². The van der Waals surface area contributed by atoms with Crippen LogP contribution in [0.2, 0.25) is 0 Å². The smallest absolute Gasteiger partial charge is 0.330 e. The molecule has 6 heteroatoms. The minimum atomic E-state index is -0.414. The number of nitrogens with two attached hydrogens (primary N) is 1. The molecule has 0 aromatic carbocycles. The fourth-order valence-electron chi connectivity index (χ4n) is 0.746. The molecule has 0 aliphatic carbocycles. The number of hydrogen-bond donors (Lipinski definition) is 1. The van der Waals surface area contributed by atoms with Gasteiger partial charge in [0.1, 0.15) is 0 Å². The molecule has 0 heterocycles. The third-order valence-electron chi connectivity index (χ3n) is 2.11. The summed E-state index contributed by atoms with van der Waals surface area (Å²) >= 11 is 9.69. The first-order valence-corrected chi connectivity index (χ1v) is 7.43. The van der Waals surface area contributed by atoms with Gasteiger partial charge < -0.3 is 10.5 Å². The van der Waals surface area contributed by atoms with Crippen molar-refractivity contribution in [1.29, 1.82) is 0 Å². The highest BCUT2D eigenvalue weighted by molar-refractivity contribution is 6.55. The van der Waals surface area contributed by atoms with Gasteiger partial charge in [0.25, 0.3) is 0 Å². The molecule has 0 aliphatic heterocycles. The third-order valence-corrected chi connectivity index (χ3v) is 2.11. The molecule has 0 radical (unpaired) electrons. The van der Waals surface area contributed by atoms with Crippen LogP contribution in [0.4, 0.5) is 0 Å². The number of unbranched alkanes of at least 4 members (excludes halogenated alkanes) is 1. The SMILES string of the molecule is C=C(C(N)=O)C(C)(C)C.C=C(Cl)Cl.C=CC(=O)OCCCC. The van der Waals surface area contributed by atoms with Gasteiger partial charge in [-0.1, -0.05) is 77.1 Å². The molecule has 1 amide bonds. The van der Waals surface area contributed by atoms with Crippen LogP contribution in [0.25, 0.3) is 0 Å². The number of carbonyl (C=O) groups excluding carboxylic acids is 2. The first-order chi connectivity index (χ1) is 9.89. The second kappa shape index (κ2) is 14.7. The van der Waals surface area contributed by atoms with Gasteiger partial charge >= 0.3 is 5.97 Å². The molecule has 0 bridgehead atoms. The number of primary amides is 1. The predicted octanol–water partition coefficient (Wildman–Crippen LogP) is 4.52. The predicted molar refractivity (Wildman–Crippen MR) is 94.7 cm³/mol. The maximum absolute atomic E-state index is 10.5. The molecule has 0 unspecified atom stereocenters. The molecule has 0 aromatic heterocycles. The van der Waals surface area contributed by atoms with Crippen LogP contribution in [0, 0.1) is 5.41 Å². The summed E-state index contributed by atoms with van der Waals surface area (Å²) in [6.45, 7) is 18.2. The van der Waals surface area contributed by atoms with Gasteiger partial charge in [-0.3, -0.25) is 4.79 Å². The highest BCUT2D eigenvalue weighted by Gasteiger charge is 2.18. The first kappa shape index (κ1) is 25.7. The summed E-state index contributed by atoms with van der Waals surface area (Å²) in [7, 11) is 0. The largest absolute Gasteiger partial charge is 0.463 e. The average Bonchev–Trinajstić information content (AvgIpc) is 2.36. The van der Waals surface area contributed by atoms with Crippen LogP contribution in [0.5, 0.6) is 0 Å². The molecule has 4 nitrogen and oxygen atoms in total. The lowest BCUT2D eigenvalue weighted by Gasteiger charge is -2.17. The molecule has 0 aromatic rings. The van der Waals surface area contributed by atoms with Crippen LogP contribution in [0.1, 0.15) is 40.5 Å². The Kier molecular flexibility index (Phi) is 17.1. The van der Waals surface area contributed by atoms with Gasteiger partial charge in [0, 0.05) is 11.6 Å². The molecule has 0 saturated heterocycles. The normalized spacial score (nSPS) is 9.18. The van der Waals surface area contributed by atoms with Crippen molar-refractivity contribution in [3.63, 3.8) is 0 Å². The number of carbonyl (C=O) groups is 2. The monoisotopic (exact) mass is 351 g/mol. The fraction of sp³-hybridized carbons (Fsp3) is 0.500. The zero-order valence-corrected chi connectivity index (χ0v) is 15.4. The Labute approximate surface area is 144 Å². The van der Waals surface area contributed by atoms with E-state index in [1.54, 1.807) is 0 Å². The molecule has 0 saturated carbocycles. The summed E-state index contributed by atoms with van der Waals surface area (Å²) in [5.74, 6) is -0.744. The zero-order chi connectivity index (χ0) is 18.3. The zero-order valence-electron chi connectivity index (χ0n) is 13.9. The summed E-state index contributed by atoms with van der Waals surface area (Å²) in [4.78, 5) is 20.8. The Morgan fingerprint density at radius 3 is 1.82 bits per heavy atom. The van der Waals surface area contributed by atoms with E-state index >= 15 is 0 Å². The lowest BCUT2D eigenvalue weighted by atomic mass is 9.87. The number of rotatable bonds is 5. The molecule has 0 fully saturated rings. The van der Waals surface area contributed by atoms with E-state index in [1.165, 1.54) is 6.08 Å². The van der Waals surface area contributed by atoms with E-state index in [1.807, 2.05) is 27.7 Å². The first-order valence-electron chi connectivity index (χ1n) is 6.68. The molecule has 0 rings (SSSR count). The van der Waals surface area contributed by atoms with Crippen LogP contribution < -0.4 is 5.73 Å². The van der Waals surface area contributed by atoms with Crippen LogP contribution in [-0.2, 0) is 14.3 Å². The topological polar surface area (TPSA) is 69.4 Å². The second-order valence-corrected chi connectivity index (χ2v) is 6.26. The van der Waals surface area contributed by atoms with Crippen molar-refractivity contribution in [1.82, 2.24) is 0 Å². The fourth-order valence-corrected chi connectivity index (χ4v) is 0.746. The van der Waals surface area contributed by atoms with Crippen molar-refractivity contribution in [2.75, 3.05) is 6.61 Å². The Bertz CT molecular complexity index is 381. The van der Waals surface area contributed by atoms with Crippen LogP contribution >= 0.6 is 23.2 Å². The van der Waals surface area contributed by atoms with Crippen LogP contribution in [0.15, 0.2) is 35.9 Å². The van der Waals surface area contributed by atoms with Crippen LogP contribution in [-0.4, -0.2) is 18.5 Å². The van der Waals surface area contributed by atoms with Crippen LogP contribution in [0.3, 0.4) is 0 Å². The number of esters is 1. The summed E-state index contributed by atoms with van der Waals surface area (Å²) < 4.78 is 4.79. The molecule has 0 aliphatic rings. The van der Waals surface area contributed by atoms with E-state index in [9.17, 15) is 9.59 Å². The van der Waals surface area contributed by atoms with Crippen molar-refractivity contribution in [3.8, 4) is 0 Å². The Morgan fingerprint density at radius 2 is 1.64 bits per heavy atom. The van der Waals surface area contributed by atoms with Gasteiger partial charge in [-0.25, -0.2) is 4.79 Å². The average molecular weight is 352 g/mol. The Morgan fingerprint density at radius 1 is 1.23 bits per heavy atom. The van der Waals surface area contributed by atoms with E-state index in [2.05, 4.69) is 24.5 Å². The van der Waals surface area contributed by atoms with Gasteiger partial charge in [0.2, 0.25) is 5.91 Å². The molecular formula is C16H27Cl2NO3. The quantitative estimate of drug-likeness (QED) is 0.449. The molecule has 0 spiro atoms. The Hall–Kier alpha value is -1.26. The lowest BCUT2D eigenvalue weighted by molar-refractivity contribution is -0.137. The van der Waals surface area contributed by atoms with Crippen molar-refractivity contribution in [3.05, 3.63) is 35.9 Å². The van der Waals surface area contributed by atoms with Gasteiger partial charge in [-0.05, 0) is 11.8 Å². The van der Waals surface area contributed by atoms with Gasteiger partial charge in [0.15, 0.2) is 0 Å². The highest BCUT2D eigenvalue weighted by atomic mass is 35.5. The number of halogens is 2. The Balaban J connectivity index is -0.000000266. The highest BCUT2D eigenvalue weighted by Crippen LogP contribution is 2.22. The van der Waals surface area contributed by atoms with E-state index in [-0.39, 0.29) is 15.9 Å². The molecule has 22 heavy (non-hydrogen) atoms. The van der Waals surface area contributed by atoms with Gasteiger partial charge in [-0.15, -0.1) is 0 Å². The summed E-state index contributed by atoms with van der Waals surface area (Å²) in [6.07, 6.45) is 3.15. The summed E-state index contributed by atoms with van der Waals surface area (Å²) in [6, 6.07) is 0. The van der Waals surface area contributed by atoms with E-state index in [0.29, 0.717) is 12.2 Å². The van der Waals surface area contributed by atoms with Crippen molar-refractivity contribution in [2.24, 2.45) is 11.1 Å². The molecular weight excluding hydrogens is 325 g/mol. The molecule has 0 atom stereocenters. The summed E-state index contributed by atoms with van der Waals surface area (Å²) in [5, 5.41) is 0. The molecule has 128 valence electrons. The van der Waals surface area contributed by atoms with Crippen molar-refractivity contribution >= 4 is 35.1 Å². The number of ether oxygens (including phenoxy) is 1. The minimum absolute atomic E-state index is 0.111. The van der Waals surface area contributed by atoms with Crippen molar-refractivity contribution < 1.29 is 14.3 Å². The van der Waals surface area contributed by atoms with Gasteiger partial charge in [-0.2, -0.15) is 0 Å². The number of hydrogen-bond acceptors (Lipinski definition) is 3. The van der Waals surface area contributed by atoms with Crippen molar-refractivity contribution in [2.45, 2.75) is 40.5 Å². The molecule has 2 N–H and O–H groups in total. The third kappa shape index (κ3) is 23.8. The van der Waals surface area contributed by atoms with E-state index in [4.69, 9.17) is 28.9 Å². The number of amides is 1. The van der Waals surface area contributed by atoms with Gasteiger partial charge in [0.05, 0.1) is 11.1 Å². The standard InChI is InChI=1S/C7H13NO.C7H12O2.C2H2Cl2/c1-5(6(8)9)7(2,3)4;1-3-5-6-9-7(8)4-2;1-2(3)4/h1H2,2-4H3,(H2,8,9);4H,2-3,5-6H2,1H3;1H2. The second-order valence-electron chi connectivity index (χ2n) is 5.16. The maximum atomic E-state index is 10.5. The maximum Gasteiger partial charge on any atom is 0.330 e. The summed E-state index contributed by atoms with van der Waals surface area (Å²) in [5.41, 5.74) is 5.27. The lowest BCUT2D eigenvalue weighted by Crippen LogP contribution is -2.23. The van der Waals surface area contributed by atoms with E-state index < -0.39 is 5.91 Å². The minimum Gasteiger partial charge on any atom is -0.463 e.